The highest BCUT2D eigenvalue weighted by Gasteiger charge is 2.32. The molecule has 2 heterocycles. The third-order valence-corrected chi connectivity index (χ3v) is 3.54. The lowest BCUT2D eigenvalue weighted by atomic mass is 10.1. The first-order chi connectivity index (χ1) is 6.85. The number of hydrogen-bond donors (Lipinski definition) is 1. The second kappa shape index (κ2) is 4.09. The molecule has 4 heteroatoms. The zero-order valence-electron chi connectivity index (χ0n) is 8.10. The minimum absolute atomic E-state index is 0.0420. The van der Waals surface area contributed by atoms with Crippen LogP contribution < -0.4 is 5.32 Å². The molecule has 0 saturated carbocycles. The standard InChI is InChI=1S/C10H13N3S/c1-12-8-6-13(7-8)9(5-11)10-3-2-4-14-10/h2-4,8-9,12H,6-7H2,1H3/t9-/m0/s1. The smallest absolute Gasteiger partial charge is 0.133 e. The van der Waals surface area contributed by atoms with Gasteiger partial charge in [0.05, 0.1) is 6.07 Å². The van der Waals surface area contributed by atoms with Crippen LogP contribution in [0.15, 0.2) is 17.5 Å². The monoisotopic (exact) mass is 207 g/mol. The van der Waals surface area contributed by atoms with Crippen LogP contribution >= 0.6 is 11.3 Å². The van der Waals surface area contributed by atoms with Gasteiger partial charge >= 0.3 is 0 Å². The first-order valence-corrected chi connectivity index (χ1v) is 5.57. The van der Waals surface area contributed by atoms with E-state index in [-0.39, 0.29) is 6.04 Å². The van der Waals surface area contributed by atoms with Crippen molar-refractivity contribution in [1.82, 2.24) is 10.2 Å². The van der Waals surface area contributed by atoms with Crippen LogP contribution in [0.1, 0.15) is 10.9 Å². The average molecular weight is 207 g/mol. The summed E-state index contributed by atoms with van der Waals surface area (Å²) in [6.45, 7) is 1.96. The molecule has 0 radical (unpaired) electrons. The summed E-state index contributed by atoms with van der Waals surface area (Å²) < 4.78 is 0. The fourth-order valence-electron chi connectivity index (χ4n) is 1.68. The second-order valence-corrected chi connectivity index (χ2v) is 4.47. The van der Waals surface area contributed by atoms with E-state index in [9.17, 15) is 0 Å². The van der Waals surface area contributed by atoms with Gasteiger partial charge in [0, 0.05) is 24.0 Å². The van der Waals surface area contributed by atoms with Gasteiger partial charge in [-0.25, -0.2) is 0 Å². The number of likely N-dealkylation sites (N-methyl/N-ethyl adjacent to an activating group) is 1. The van der Waals surface area contributed by atoms with Crippen molar-refractivity contribution in [3.8, 4) is 6.07 Å². The SMILES string of the molecule is CNC1CN([C@@H](C#N)c2cccs2)C1. The van der Waals surface area contributed by atoms with E-state index in [1.807, 2.05) is 24.6 Å². The molecule has 1 aromatic heterocycles. The Balaban J connectivity index is 2.00. The van der Waals surface area contributed by atoms with Gasteiger partial charge in [-0.3, -0.25) is 4.90 Å². The molecule has 1 N–H and O–H groups in total. The molecule has 0 bridgehead atoms. The van der Waals surface area contributed by atoms with Crippen molar-refractivity contribution < 1.29 is 0 Å². The Morgan fingerprint density at radius 1 is 1.71 bits per heavy atom. The van der Waals surface area contributed by atoms with Crippen molar-refractivity contribution in [2.45, 2.75) is 12.1 Å². The Morgan fingerprint density at radius 3 is 3.00 bits per heavy atom. The Kier molecular flexibility index (Phi) is 2.82. The first-order valence-electron chi connectivity index (χ1n) is 4.69. The molecular weight excluding hydrogens is 194 g/mol. The fraction of sp³-hybridized carbons (Fsp3) is 0.500. The summed E-state index contributed by atoms with van der Waals surface area (Å²) in [5.41, 5.74) is 0. The lowest BCUT2D eigenvalue weighted by Crippen LogP contribution is -2.57. The number of thiophene rings is 1. The highest BCUT2D eigenvalue weighted by atomic mass is 32.1. The maximum absolute atomic E-state index is 9.09. The topological polar surface area (TPSA) is 39.1 Å². The molecule has 1 atom stereocenters. The van der Waals surface area contributed by atoms with Crippen molar-refractivity contribution in [1.29, 1.82) is 5.26 Å². The molecule has 1 saturated heterocycles. The number of hydrogen-bond acceptors (Lipinski definition) is 4. The predicted molar refractivity (Wildman–Crippen MR) is 57.1 cm³/mol. The minimum Gasteiger partial charge on any atom is -0.315 e. The van der Waals surface area contributed by atoms with Crippen LogP contribution in [0.25, 0.3) is 0 Å². The maximum atomic E-state index is 9.09. The first kappa shape index (κ1) is 9.66. The zero-order chi connectivity index (χ0) is 9.97. The third-order valence-electron chi connectivity index (χ3n) is 2.62. The molecule has 2 rings (SSSR count). The summed E-state index contributed by atoms with van der Waals surface area (Å²) >= 11 is 1.66. The van der Waals surface area contributed by atoms with Crippen LogP contribution in [0, 0.1) is 11.3 Å². The van der Waals surface area contributed by atoms with Gasteiger partial charge in [0.25, 0.3) is 0 Å². The van der Waals surface area contributed by atoms with Crippen LogP contribution in [0.3, 0.4) is 0 Å². The van der Waals surface area contributed by atoms with Crippen molar-refractivity contribution in [3.63, 3.8) is 0 Å². The van der Waals surface area contributed by atoms with Gasteiger partial charge in [-0.15, -0.1) is 11.3 Å². The molecule has 0 unspecified atom stereocenters. The molecule has 3 nitrogen and oxygen atoms in total. The van der Waals surface area contributed by atoms with Crippen molar-refractivity contribution >= 4 is 11.3 Å². The Hall–Kier alpha value is -0.890. The summed E-state index contributed by atoms with van der Waals surface area (Å²) in [5, 5.41) is 14.3. The van der Waals surface area contributed by atoms with Crippen molar-refractivity contribution in [2.75, 3.05) is 20.1 Å². The fourth-order valence-corrected chi connectivity index (χ4v) is 2.48. The number of nitriles is 1. The van der Waals surface area contributed by atoms with Gasteiger partial charge in [0.2, 0.25) is 0 Å². The average Bonchev–Trinajstić information content (AvgIpc) is 2.62. The quantitative estimate of drug-likeness (QED) is 0.810. The van der Waals surface area contributed by atoms with E-state index >= 15 is 0 Å². The van der Waals surface area contributed by atoms with Gasteiger partial charge in [0.15, 0.2) is 0 Å². The molecule has 1 aliphatic rings. The van der Waals surface area contributed by atoms with Crippen LogP contribution in [0.4, 0.5) is 0 Å². The summed E-state index contributed by atoms with van der Waals surface area (Å²) in [6.07, 6.45) is 0. The predicted octanol–water partition coefficient (Wildman–Crippen LogP) is 1.22. The van der Waals surface area contributed by atoms with E-state index in [1.54, 1.807) is 11.3 Å². The van der Waals surface area contributed by atoms with Crippen LogP contribution in [0.2, 0.25) is 0 Å². The number of nitrogens with one attached hydrogen (secondary N) is 1. The minimum atomic E-state index is -0.0420. The zero-order valence-corrected chi connectivity index (χ0v) is 8.92. The van der Waals surface area contributed by atoms with Gasteiger partial charge in [-0.2, -0.15) is 5.26 Å². The maximum Gasteiger partial charge on any atom is 0.133 e. The van der Waals surface area contributed by atoms with E-state index in [0.717, 1.165) is 18.0 Å². The molecule has 74 valence electrons. The van der Waals surface area contributed by atoms with Crippen molar-refractivity contribution in [3.05, 3.63) is 22.4 Å². The molecule has 0 aromatic carbocycles. The van der Waals surface area contributed by atoms with Crippen LogP contribution in [0.5, 0.6) is 0 Å². The summed E-state index contributed by atoms with van der Waals surface area (Å²) in [7, 11) is 1.97. The molecule has 1 aliphatic heterocycles. The van der Waals surface area contributed by atoms with E-state index in [4.69, 9.17) is 5.26 Å². The number of nitrogens with zero attached hydrogens (tertiary/aromatic N) is 2. The van der Waals surface area contributed by atoms with Gasteiger partial charge in [-0.1, -0.05) is 6.07 Å². The Bertz CT molecular complexity index is 322. The lowest BCUT2D eigenvalue weighted by Gasteiger charge is -2.41. The molecule has 14 heavy (non-hydrogen) atoms. The van der Waals surface area contributed by atoms with E-state index in [0.29, 0.717) is 6.04 Å². The van der Waals surface area contributed by atoms with Crippen LogP contribution in [-0.4, -0.2) is 31.1 Å². The normalized spacial score (nSPS) is 20.0. The van der Waals surface area contributed by atoms with Gasteiger partial charge < -0.3 is 5.32 Å². The number of likely N-dealkylation sites (tertiary alicyclic amines) is 1. The number of rotatable bonds is 3. The molecule has 0 aliphatic carbocycles. The summed E-state index contributed by atoms with van der Waals surface area (Å²) in [5.74, 6) is 0. The Morgan fingerprint density at radius 2 is 2.50 bits per heavy atom. The third kappa shape index (κ3) is 1.67. The largest absolute Gasteiger partial charge is 0.315 e. The van der Waals surface area contributed by atoms with E-state index < -0.39 is 0 Å². The van der Waals surface area contributed by atoms with Gasteiger partial charge in [0.1, 0.15) is 6.04 Å². The molecule has 0 amide bonds. The molecule has 1 aromatic rings. The lowest BCUT2D eigenvalue weighted by molar-refractivity contribution is 0.106. The molecular formula is C10H13N3S. The molecule has 0 spiro atoms. The van der Waals surface area contributed by atoms with Crippen molar-refractivity contribution in [2.24, 2.45) is 0 Å². The highest BCUT2D eigenvalue weighted by molar-refractivity contribution is 7.10. The second-order valence-electron chi connectivity index (χ2n) is 3.49. The van der Waals surface area contributed by atoms with E-state index in [2.05, 4.69) is 16.3 Å². The highest BCUT2D eigenvalue weighted by Crippen LogP contribution is 2.28. The van der Waals surface area contributed by atoms with Gasteiger partial charge in [-0.05, 0) is 18.5 Å². The van der Waals surface area contributed by atoms with Crippen LogP contribution in [-0.2, 0) is 0 Å². The molecule has 1 fully saturated rings. The summed E-state index contributed by atoms with van der Waals surface area (Å²) in [6, 6.07) is 6.91. The van der Waals surface area contributed by atoms with E-state index in [1.165, 1.54) is 0 Å². The summed E-state index contributed by atoms with van der Waals surface area (Å²) in [4.78, 5) is 3.36. The Labute approximate surface area is 88.0 Å².